The second-order valence-electron chi connectivity index (χ2n) is 2.90. The standard InChI is InChI=1S/C8H12ClN5O2/c1-10-7-12-6(9)13-8(14-7)11-4-2-3-5(15)16/h2-4H2,1H3,(H,15,16)(H2,10,11,12,13,14)/p-1. The van der Waals surface area contributed by atoms with Gasteiger partial charge in [0.2, 0.25) is 17.2 Å². The van der Waals surface area contributed by atoms with Crippen molar-refractivity contribution in [2.45, 2.75) is 12.8 Å². The predicted octanol–water partition coefficient (Wildman–Crippen LogP) is -0.491. The zero-order chi connectivity index (χ0) is 12.0. The Bertz CT molecular complexity index is 373. The molecule has 2 N–H and O–H groups in total. The molecule has 0 aliphatic heterocycles. The van der Waals surface area contributed by atoms with Crippen molar-refractivity contribution in [1.29, 1.82) is 0 Å². The monoisotopic (exact) mass is 244 g/mol. The minimum atomic E-state index is -1.08. The second-order valence-corrected chi connectivity index (χ2v) is 3.24. The summed E-state index contributed by atoms with van der Waals surface area (Å²) < 4.78 is 0. The number of carbonyl (C=O) groups excluding carboxylic acids is 1. The number of carboxylic acids is 1. The summed E-state index contributed by atoms with van der Waals surface area (Å²) in [6.45, 7) is 0.428. The van der Waals surface area contributed by atoms with Crippen LogP contribution in [-0.2, 0) is 4.79 Å². The quantitative estimate of drug-likeness (QED) is 0.651. The van der Waals surface area contributed by atoms with Gasteiger partial charge < -0.3 is 20.5 Å². The Balaban J connectivity index is 2.47. The van der Waals surface area contributed by atoms with E-state index in [4.69, 9.17) is 11.6 Å². The fourth-order valence-corrected chi connectivity index (χ4v) is 1.13. The SMILES string of the molecule is CNc1nc(Cl)nc(NCCCC(=O)[O-])n1. The third-order valence-electron chi connectivity index (χ3n) is 1.67. The lowest BCUT2D eigenvalue weighted by Crippen LogP contribution is -2.22. The first-order valence-corrected chi connectivity index (χ1v) is 5.02. The van der Waals surface area contributed by atoms with E-state index in [0.29, 0.717) is 24.9 Å². The molecular formula is C8H11ClN5O2-. The topological polar surface area (TPSA) is 103 Å². The first kappa shape index (κ1) is 12.4. The Labute approximate surface area is 97.3 Å². The van der Waals surface area contributed by atoms with E-state index in [0.717, 1.165) is 0 Å². The molecular weight excluding hydrogens is 234 g/mol. The maximum absolute atomic E-state index is 10.2. The Morgan fingerprint density at radius 3 is 2.69 bits per heavy atom. The van der Waals surface area contributed by atoms with Crippen LogP contribution in [-0.4, -0.2) is 34.5 Å². The first-order chi connectivity index (χ1) is 7.61. The van der Waals surface area contributed by atoms with Crippen LogP contribution in [0.2, 0.25) is 5.28 Å². The fraction of sp³-hybridized carbons (Fsp3) is 0.500. The molecule has 0 atom stereocenters. The van der Waals surface area contributed by atoms with Crippen molar-refractivity contribution in [3.8, 4) is 0 Å². The summed E-state index contributed by atoms with van der Waals surface area (Å²) >= 11 is 5.65. The minimum Gasteiger partial charge on any atom is -0.550 e. The van der Waals surface area contributed by atoms with Crippen molar-refractivity contribution in [2.75, 3.05) is 24.2 Å². The zero-order valence-electron chi connectivity index (χ0n) is 8.66. The van der Waals surface area contributed by atoms with E-state index in [1.165, 1.54) is 0 Å². The molecule has 0 aliphatic rings. The van der Waals surface area contributed by atoms with E-state index < -0.39 is 5.97 Å². The summed E-state index contributed by atoms with van der Waals surface area (Å²) in [6.07, 6.45) is 0.422. The van der Waals surface area contributed by atoms with Crippen LogP contribution >= 0.6 is 11.6 Å². The molecule has 0 bridgehead atoms. The average molecular weight is 245 g/mol. The van der Waals surface area contributed by atoms with Crippen LogP contribution in [0.5, 0.6) is 0 Å². The van der Waals surface area contributed by atoms with Gasteiger partial charge in [-0.3, -0.25) is 0 Å². The number of hydrogen-bond donors (Lipinski definition) is 2. The molecule has 1 aromatic rings. The lowest BCUT2D eigenvalue weighted by Gasteiger charge is -2.06. The number of nitrogens with zero attached hydrogens (tertiary/aromatic N) is 3. The molecule has 88 valence electrons. The van der Waals surface area contributed by atoms with Crippen LogP contribution in [0.4, 0.5) is 11.9 Å². The number of carbonyl (C=O) groups is 1. The molecule has 0 fully saturated rings. The third kappa shape index (κ3) is 4.26. The van der Waals surface area contributed by atoms with Gasteiger partial charge in [-0.05, 0) is 24.4 Å². The summed E-state index contributed by atoms with van der Waals surface area (Å²) in [6, 6.07) is 0. The summed E-state index contributed by atoms with van der Waals surface area (Å²) in [5.74, 6) is -0.420. The molecule has 1 heterocycles. The van der Waals surface area contributed by atoms with Crippen LogP contribution < -0.4 is 15.7 Å². The van der Waals surface area contributed by atoms with Gasteiger partial charge in [-0.2, -0.15) is 15.0 Å². The van der Waals surface area contributed by atoms with Crippen LogP contribution in [0.15, 0.2) is 0 Å². The normalized spacial score (nSPS) is 9.88. The highest BCUT2D eigenvalue weighted by atomic mass is 35.5. The van der Waals surface area contributed by atoms with Gasteiger partial charge in [0, 0.05) is 19.6 Å². The molecule has 0 radical (unpaired) electrons. The van der Waals surface area contributed by atoms with Gasteiger partial charge in [-0.1, -0.05) is 0 Å². The lowest BCUT2D eigenvalue weighted by atomic mass is 10.3. The van der Waals surface area contributed by atoms with Crippen molar-refractivity contribution in [3.63, 3.8) is 0 Å². The van der Waals surface area contributed by atoms with Crippen molar-refractivity contribution >= 4 is 29.5 Å². The summed E-state index contributed by atoms with van der Waals surface area (Å²) in [5.41, 5.74) is 0. The largest absolute Gasteiger partial charge is 0.550 e. The van der Waals surface area contributed by atoms with Crippen molar-refractivity contribution in [3.05, 3.63) is 5.28 Å². The molecule has 7 nitrogen and oxygen atoms in total. The Morgan fingerprint density at radius 1 is 1.38 bits per heavy atom. The van der Waals surface area contributed by atoms with E-state index in [1.807, 2.05) is 0 Å². The highest BCUT2D eigenvalue weighted by molar-refractivity contribution is 6.28. The van der Waals surface area contributed by atoms with E-state index in [2.05, 4.69) is 25.6 Å². The fourth-order valence-electron chi connectivity index (χ4n) is 0.974. The number of aromatic nitrogens is 3. The summed E-state index contributed by atoms with van der Waals surface area (Å²) in [4.78, 5) is 21.8. The molecule has 8 heteroatoms. The van der Waals surface area contributed by atoms with Gasteiger partial charge in [0.25, 0.3) is 0 Å². The molecule has 0 saturated carbocycles. The Kier molecular flexibility index (Phi) is 4.71. The van der Waals surface area contributed by atoms with Crippen molar-refractivity contribution in [1.82, 2.24) is 15.0 Å². The van der Waals surface area contributed by atoms with Crippen LogP contribution in [0.1, 0.15) is 12.8 Å². The van der Waals surface area contributed by atoms with Gasteiger partial charge in [-0.15, -0.1) is 0 Å². The van der Waals surface area contributed by atoms with Crippen LogP contribution in [0.3, 0.4) is 0 Å². The molecule has 0 unspecified atom stereocenters. The maximum Gasteiger partial charge on any atom is 0.228 e. The number of rotatable bonds is 6. The van der Waals surface area contributed by atoms with Crippen LogP contribution in [0.25, 0.3) is 0 Å². The van der Waals surface area contributed by atoms with Crippen molar-refractivity contribution in [2.24, 2.45) is 0 Å². The number of nitrogens with one attached hydrogen (secondary N) is 2. The molecule has 0 aromatic carbocycles. The number of hydrogen-bond acceptors (Lipinski definition) is 7. The van der Waals surface area contributed by atoms with E-state index in [9.17, 15) is 9.90 Å². The summed E-state index contributed by atoms with van der Waals surface area (Å²) in [7, 11) is 1.66. The number of anilines is 2. The molecule has 16 heavy (non-hydrogen) atoms. The van der Waals surface area contributed by atoms with E-state index >= 15 is 0 Å². The van der Waals surface area contributed by atoms with Gasteiger partial charge in [-0.25, -0.2) is 0 Å². The van der Waals surface area contributed by atoms with E-state index in [-0.39, 0.29) is 11.7 Å². The number of aliphatic carboxylic acids is 1. The van der Waals surface area contributed by atoms with Gasteiger partial charge in [0.15, 0.2) is 0 Å². The second kappa shape index (κ2) is 6.06. The summed E-state index contributed by atoms with van der Waals surface area (Å²) in [5, 5.41) is 15.8. The van der Waals surface area contributed by atoms with Gasteiger partial charge in [0.05, 0.1) is 0 Å². The highest BCUT2D eigenvalue weighted by Crippen LogP contribution is 2.08. The maximum atomic E-state index is 10.2. The molecule has 0 amide bonds. The predicted molar refractivity (Wildman–Crippen MR) is 57.1 cm³/mol. The molecule has 1 aromatic heterocycles. The smallest absolute Gasteiger partial charge is 0.228 e. The zero-order valence-corrected chi connectivity index (χ0v) is 9.41. The average Bonchev–Trinajstić information content (AvgIpc) is 2.23. The molecule has 0 aliphatic carbocycles. The third-order valence-corrected chi connectivity index (χ3v) is 1.84. The number of halogens is 1. The minimum absolute atomic E-state index is 0.00923. The molecule has 0 saturated heterocycles. The first-order valence-electron chi connectivity index (χ1n) is 4.65. The van der Waals surface area contributed by atoms with Gasteiger partial charge in [0.1, 0.15) is 0 Å². The molecule has 1 rings (SSSR count). The highest BCUT2D eigenvalue weighted by Gasteiger charge is 2.02. The number of carboxylic acid groups (broad SMARTS) is 1. The Hall–Kier alpha value is -1.63. The molecule has 0 spiro atoms. The van der Waals surface area contributed by atoms with Crippen LogP contribution in [0, 0.1) is 0 Å². The van der Waals surface area contributed by atoms with Gasteiger partial charge >= 0.3 is 0 Å². The van der Waals surface area contributed by atoms with Crippen molar-refractivity contribution < 1.29 is 9.90 Å². The lowest BCUT2D eigenvalue weighted by molar-refractivity contribution is -0.305. The van der Waals surface area contributed by atoms with E-state index in [1.54, 1.807) is 7.05 Å². The Morgan fingerprint density at radius 2 is 2.06 bits per heavy atom.